The zero-order valence-electron chi connectivity index (χ0n) is 14.4. The number of aromatic nitrogens is 2. The Morgan fingerprint density at radius 2 is 1.96 bits per heavy atom. The fourth-order valence-corrected chi connectivity index (χ4v) is 3.68. The summed E-state index contributed by atoms with van der Waals surface area (Å²) in [6, 6.07) is 2.29. The van der Waals surface area contributed by atoms with Crippen molar-refractivity contribution < 1.29 is 9.59 Å². The number of nitrogens with zero attached hydrogens (tertiary/aromatic N) is 4. The molecule has 2 heterocycles. The van der Waals surface area contributed by atoms with E-state index >= 15 is 0 Å². The van der Waals surface area contributed by atoms with Crippen LogP contribution in [0.2, 0.25) is 0 Å². The summed E-state index contributed by atoms with van der Waals surface area (Å²) in [5.41, 5.74) is 0. The van der Waals surface area contributed by atoms with Gasteiger partial charge in [-0.1, -0.05) is 12.8 Å². The monoisotopic (exact) mass is 333 g/mol. The summed E-state index contributed by atoms with van der Waals surface area (Å²) in [7, 11) is 0. The van der Waals surface area contributed by atoms with Crippen LogP contribution in [0.5, 0.6) is 0 Å². The molecule has 1 aliphatic heterocycles. The smallest absolute Gasteiger partial charge is 0.239 e. The van der Waals surface area contributed by atoms with Crippen molar-refractivity contribution in [2.24, 2.45) is 0 Å². The van der Waals surface area contributed by atoms with Gasteiger partial charge in [-0.25, -0.2) is 4.68 Å². The van der Waals surface area contributed by atoms with Gasteiger partial charge >= 0.3 is 0 Å². The predicted molar refractivity (Wildman–Crippen MR) is 91.7 cm³/mol. The van der Waals surface area contributed by atoms with Crippen LogP contribution < -0.4 is 5.32 Å². The molecule has 1 saturated heterocycles. The molecule has 2 amide bonds. The van der Waals surface area contributed by atoms with Crippen molar-refractivity contribution in [3.63, 3.8) is 0 Å². The van der Waals surface area contributed by atoms with Crippen LogP contribution in [0.15, 0.2) is 12.3 Å². The van der Waals surface area contributed by atoms with Crippen LogP contribution in [0.4, 0.5) is 5.82 Å². The van der Waals surface area contributed by atoms with Crippen molar-refractivity contribution in [1.29, 1.82) is 0 Å². The molecule has 1 saturated carbocycles. The molecule has 7 heteroatoms. The van der Waals surface area contributed by atoms with E-state index in [0.717, 1.165) is 44.7 Å². The van der Waals surface area contributed by atoms with Gasteiger partial charge in [-0.15, -0.1) is 0 Å². The molecular formula is C17H27N5O2. The number of nitrogens with one attached hydrogen (secondary N) is 1. The number of carbonyl (C=O) groups excluding carboxylic acids is 2. The first-order valence-electron chi connectivity index (χ1n) is 8.95. The largest absolute Gasteiger partial charge is 0.342 e. The first-order valence-corrected chi connectivity index (χ1v) is 8.95. The van der Waals surface area contributed by atoms with E-state index in [0.29, 0.717) is 19.1 Å². The number of rotatable bonds is 4. The van der Waals surface area contributed by atoms with Crippen molar-refractivity contribution in [3.8, 4) is 0 Å². The van der Waals surface area contributed by atoms with Crippen LogP contribution >= 0.6 is 0 Å². The third kappa shape index (κ3) is 4.14. The van der Waals surface area contributed by atoms with E-state index in [2.05, 4.69) is 15.3 Å². The van der Waals surface area contributed by atoms with Gasteiger partial charge in [0.2, 0.25) is 11.8 Å². The van der Waals surface area contributed by atoms with E-state index < -0.39 is 0 Å². The Bertz CT molecular complexity index is 579. The fourth-order valence-electron chi connectivity index (χ4n) is 3.68. The molecule has 24 heavy (non-hydrogen) atoms. The van der Waals surface area contributed by atoms with Crippen molar-refractivity contribution >= 4 is 17.6 Å². The Hall–Kier alpha value is -1.89. The van der Waals surface area contributed by atoms with E-state index in [1.807, 2.05) is 15.6 Å². The first-order chi connectivity index (χ1) is 11.6. The molecule has 1 N–H and O–H groups in total. The third-order valence-electron chi connectivity index (χ3n) is 5.01. The standard InChI is InChI=1S/C17H27N5O2/c1-14(23)21-10-4-9-20(11-12-21)13-17(24)19-16-7-8-18-22(16)15-5-2-3-6-15/h7-8,15H,2-6,9-13H2,1H3,(H,19,24). The second-order valence-corrected chi connectivity index (χ2v) is 6.78. The highest BCUT2D eigenvalue weighted by molar-refractivity contribution is 5.91. The van der Waals surface area contributed by atoms with Gasteiger partial charge in [-0.2, -0.15) is 5.10 Å². The van der Waals surface area contributed by atoms with E-state index in [-0.39, 0.29) is 11.8 Å². The molecule has 1 aromatic heterocycles. The summed E-state index contributed by atoms with van der Waals surface area (Å²) >= 11 is 0. The van der Waals surface area contributed by atoms with Gasteiger partial charge in [-0.3, -0.25) is 14.5 Å². The Morgan fingerprint density at radius 3 is 2.71 bits per heavy atom. The second-order valence-electron chi connectivity index (χ2n) is 6.78. The van der Waals surface area contributed by atoms with Crippen LogP contribution in [-0.2, 0) is 9.59 Å². The minimum Gasteiger partial charge on any atom is -0.342 e. The van der Waals surface area contributed by atoms with Gasteiger partial charge in [-0.05, 0) is 19.3 Å². The molecule has 3 rings (SSSR count). The van der Waals surface area contributed by atoms with E-state index in [1.54, 1.807) is 13.1 Å². The van der Waals surface area contributed by atoms with Gasteiger partial charge in [0.25, 0.3) is 0 Å². The summed E-state index contributed by atoms with van der Waals surface area (Å²) in [5, 5.41) is 7.40. The van der Waals surface area contributed by atoms with Gasteiger partial charge < -0.3 is 10.2 Å². The molecular weight excluding hydrogens is 306 g/mol. The molecule has 132 valence electrons. The average molecular weight is 333 g/mol. The van der Waals surface area contributed by atoms with Crippen LogP contribution in [0.25, 0.3) is 0 Å². The Kier molecular flexibility index (Phi) is 5.50. The molecule has 0 unspecified atom stereocenters. The molecule has 0 bridgehead atoms. The Labute approximate surface area is 143 Å². The van der Waals surface area contributed by atoms with Gasteiger partial charge in [0, 0.05) is 39.2 Å². The van der Waals surface area contributed by atoms with Crippen LogP contribution in [0.3, 0.4) is 0 Å². The minimum atomic E-state index is -0.00831. The van der Waals surface area contributed by atoms with Gasteiger partial charge in [0.15, 0.2) is 0 Å². The summed E-state index contributed by atoms with van der Waals surface area (Å²) in [5.74, 6) is 0.903. The number of anilines is 1. The molecule has 0 spiro atoms. The normalized spacial score (nSPS) is 20.1. The van der Waals surface area contributed by atoms with Crippen LogP contribution in [-0.4, -0.2) is 64.1 Å². The quantitative estimate of drug-likeness (QED) is 0.906. The number of hydrogen-bond acceptors (Lipinski definition) is 4. The zero-order valence-corrected chi connectivity index (χ0v) is 14.4. The molecule has 0 atom stereocenters. The molecule has 0 radical (unpaired) electrons. The summed E-state index contributed by atoms with van der Waals surface area (Å²) in [4.78, 5) is 27.8. The number of amides is 2. The van der Waals surface area contributed by atoms with Gasteiger partial charge in [0.05, 0.1) is 18.8 Å². The molecule has 1 aromatic rings. The van der Waals surface area contributed by atoms with Gasteiger partial charge in [0.1, 0.15) is 5.82 Å². The maximum Gasteiger partial charge on any atom is 0.239 e. The average Bonchev–Trinajstić information content (AvgIpc) is 3.15. The maximum absolute atomic E-state index is 12.4. The van der Waals surface area contributed by atoms with Crippen LogP contribution in [0.1, 0.15) is 45.1 Å². The summed E-state index contributed by atoms with van der Waals surface area (Å²) in [6.45, 7) is 5.03. The molecule has 7 nitrogen and oxygen atoms in total. The van der Waals surface area contributed by atoms with Crippen molar-refractivity contribution in [2.45, 2.75) is 45.1 Å². The van der Waals surface area contributed by atoms with E-state index in [9.17, 15) is 9.59 Å². The lowest BCUT2D eigenvalue weighted by Gasteiger charge is -2.21. The van der Waals surface area contributed by atoms with E-state index in [4.69, 9.17) is 0 Å². The SMILES string of the molecule is CC(=O)N1CCCN(CC(=O)Nc2ccnn2C2CCCC2)CC1. The molecule has 2 fully saturated rings. The third-order valence-corrected chi connectivity index (χ3v) is 5.01. The Morgan fingerprint density at radius 1 is 1.17 bits per heavy atom. The Balaban J connectivity index is 1.52. The zero-order chi connectivity index (χ0) is 16.9. The van der Waals surface area contributed by atoms with Crippen molar-refractivity contribution in [3.05, 3.63) is 12.3 Å². The summed E-state index contributed by atoms with van der Waals surface area (Å²) in [6.07, 6.45) is 7.41. The molecule has 2 aliphatic rings. The highest BCUT2D eigenvalue weighted by atomic mass is 16.2. The molecule has 0 aromatic carbocycles. The lowest BCUT2D eigenvalue weighted by Crippen LogP contribution is -2.37. The fraction of sp³-hybridized carbons (Fsp3) is 0.706. The lowest BCUT2D eigenvalue weighted by atomic mass is 10.2. The predicted octanol–water partition coefficient (Wildman–Crippen LogP) is 1.49. The van der Waals surface area contributed by atoms with E-state index in [1.165, 1.54) is 12.8 Å². The highest BCUT2D eigenvalue weighted by Crippen LogP contribution is 2.31. The maximum atomic E-state index is 12.4. The van der Waals surface area contributed by atoms with Crippen molar-refractivity contribution in [2.75, 3.05) is 38.0 Å². The lowest BCUT2D eigenvalue weighted by molar-refractivity contribution is -0.128. The second kappa shape index (κ2) is 7.79. The van der Waals surface area contributed by atoms with Crippen molar-refractivity contribution in [1.82, 2.24) is 19.6 Å². The topological polar surface area (TPSA) is 70.5 Å². The first kappa shape index (κ1) is 17.0. The molecule has 1 aliphatic carbocycles. The highest BCUT2D eigenvalue weighted by Gasteiger charge is 2.22. The van der Waals surface area contributed by atoms with Crippen LogP contribution in [0, 0.1) is 0 Å². The minimum absolute atomic E-state index is 0.00831. The number of carbonyl (C=O) groups is 2. The number of hydrogen-bond donors (Lipinski definition) is 1. The summed E-state index contributed by atoms with van der Waals surface area (Å²) < 4.78 is 1.96.